The largest absolute Gasteiger partial charge is 0.332 e. The number of aromatic nitrogens is 4. The molecule has 0 unspecified atom stereocenters. The second kappa shape index (κ2) is 9.79. The van der Waals surface area contributed by atoms with Crippen molar-refractivity contribution in [2.45, 2.75) is 44.7 Å². The Kier molecular flexibility index (Phi) is 6.44. The van der Waals surface area contributed by atoms with Gasteiger partial charge in [-0.25, -0.2) is 9.37 Å². The van der Waals surface area contributed by atoms with E-state index in [4.69, 9.17) is 0 Å². The molecular formula is C25H29FN6O. The van der Waals surface area contributed by atoms with Crippen LogP contribution in [0.1, 0.15) is 54.5 Å². The van der Waals surface area contributed by atoms with E-state index in [-0.39, 0.29) is 23.7 Å². The Morgan fingerprint density at radius 3 is 2.64 bits per heavy atom. The molecule has 0 aliphatic carbocycles. The first-order chi connectivity index (χ1) is 16.2. The molecule has 8 heteroatoms. The first-order valence-corrected chi connectivity index (χ1v) is 11.7. The van der Waals surface area contributed by atoms with Crippen molar-refractivity contribution in [1.82, 2.24) is 30.0 Å². The molecule has 172 valence electrons. The fraction of sp³-hybridized carbons (Fsp3) is 0.440. The van der Waals surface area contributed by atoms with E-state index in [1.165, 1.54) is 17.7 Å². The molecule has 1 N–H and O–H groups in total. The maximum absolute atomic E-state index is 13.4. The lowest BCUT2D eigenvalue weighted by molar-refractivity contribution is -0.138. The Balaban J connectivity index is 1.18. The van der Waals surface area contributed by atoms with Gasteiger partial charge in [0.05, 0.1) is 6.04 Å². The van der Waals surface area contributed by atoms with Crippen LogP contribution < -0.4 is 0 Å². The van der Waals surface area contributed by atoms with Crippen molar-refractivity contribution in [2.24, 2.45) is 5.92 Å². The lowest BCUT2D eigenvalue weighted by atomic mass is 9.94. The Morgan fingerprint density at radius 1 is 1.06 bits per heavy atom. The summed E-state index contributed by atoms with van der Waals surface area (Å²) >= 11 is 0. The zero-order chi connectivity index (χ0) is 22.6. The molecule has 0 radical (unpaired) electrons. The Bertz CT molecular complexity index is 1060. The smallest absolute Gasteiger partial charge is 0.226 e. The van der Waals surface area contributed by atoms with Crippen molar-refractivity contribution in [1.29, 1.82) is 0 Å². The highest BCUT2D eigenvalue weighted by molar-refractivity contribution is 5.79. The van der Waals surface area contributed by atoms with Crippen molar-refractivity contribution in [3.63, 3.8) is 0 Å². The van der Waals surface area contributed by atoms with Crippen LogP contribution in [-0.4, -0.2) is 55.5 Å². The van der Waals surface area contributed by atoms with Crippen molar-refractivity contribution >= 4 is 5.91 Å². The van der Waals surface area contributed by atoms with Gasteiger partial charge in [-0.15, -0.1) is 0 Å². The van der Waals surface area contributed by atoms with Gasteiger partial charge in [-0.05, 0) is 68.1 Å². The number of pyridine rings is 1. The topological polar surface area (TPSA) is 78.0 Å². The molecule has 0 bridgehead atoms. The second-order valence-electron chi connectivity index (χ2n) is 9.04. The summed E-state index contributed by atoms with van der Waals surface area (Å²) in [5.74, 6) is 1.48. The van der Waals surface area contributed by atoms with Crippen LogP contribution in [0.3, 0.4) is 0 Å². The highest BCUT2D eigenvalue weighted by Crippen LogP contribution is 2.33. The number of H-pyrrole nitrogens is 1. The molecule has 3 aromatic rings. The second-order valence-corrected chi connectivity index (χ2v) is 9.04. The highest BCUT2D eigenvalue weighted by atomic mass is 19.1. The van der Waals surface area contributed by atoms with E-state index in [1.807, 2.05) is 17.2 Å². The highest BCUT2D eigenvalue weighted by Gasteiger charge is 2.37. The van der Waals surface area contributed by atoms with Gasteiger partial charge in [0.2, 0.25) is 5.91 Å². The Hall–Kier alpha value is -3.13. The van der Waals surface area contributed by atoms with Gasteiger partial charge >= 0.3 is 0 Å². The first-order valence-electron chi connectivity index (χ1n) is 11.7. The third kappa shape index (κ3) is 5.11. The summed E-state index contributed by atoms with van der Waals surface area (Å²) in [7, 11) is 0. The van der Waals surface area contributed by atoms with Gasteiger partial charge in [0.25, 0.3) is 0 Å². The number of piperidine rings is 1. The van der Waals surface area contributed by atoms with Crippen LogP contribution in [0.15, 0.2) is 48.8 Å². The minimum Gasteiger partial charge on any atom is -0.332 e. The molecule has 2 aliphatic rings. The van der Waals surface area contributed by atoms with E-state index in [9.17, 15) is 9.18 Å². The minimum atomic E-state index is -0.250. The molecule has 2 fully saturated rings. The monoisotopic (exact) mass is 448 g/mol. The van der Waals surface area contributed by atoms with E-state index >= 15 is 0 Å². The third-order valence-electron chi connectivity index (χ3n) is 6.73. The number of rotatable bonds is 6. The number of nitrogens with one attached hydrogen (secondary N) is 1. The summed E-state index contributed by atoms with van der Waals surface area (Å²) in [6, 6.07) is 10.4. The molecule has 2 saturated heterocycles. The van der Waals surface area contributed by atoms with Crippen LogP contribution in [0.2, 0.25) is 0 Å². The number of hydrogen-bond acceptors (Lipinski definition) is 5. The van der Waals surface area contributed by atoms with Gasteiger partial charge < -0.3 is 4.90 Å². The summed E-state index contributed by atoms with van der Waals surface area (Å²) < 4.78 is 13.1. The predicted octanol–water partition coefficient (Wildman–Crippen LogP) is 3.51. The fourth-order valence-corrected chi connectivity index (χ4v) is 4.96. The van der Waals surface area contributed by atoms with Crippen LogP contribution in [0.4, 0.5) is 4.39 Å². The molecule has 0 spiro atoms. The number of carbonyl (C=O) groups excluding carboxylic acids is 1. The summed E-state index contributed by atoms with van der Waals surface area (Å²) in [6.45, 7) is 3.49. The van der Waals surface area contributed by atoms with Gasteiger partial charge in [0.15, 0.2) is 5.82 Å². The Labute approximate surface area is 193 Å². The van der Waals surface area contributed by atoms with E-state index in [0.29, 0.717) is 12.2 Å². The number of halogens is 1. The van der Waals surface area contributed by atoms with E-state index < -0.39 is 0 Å². The van der Waals surface area contributed by atoms with Crippen LogP contribution >= 0.6 is 0 Å². The van der Waals surface area contributed by atoms with Crippen molar-refractivity contribution in [3.05, 3.63) is 77.4 Å². The van der Waals surface area contributed by atoms with Gasteiger partial charge in [-0.3, -0.25) is 19.8 Å². The number of benzene rings is 1. The molecule has 2 aliphatic heterocycles. The Morgan fingerprint density at radius 2 is 1.88 bits per heavy atom. The normalized spacial score (nSPS) is 19.8. The summed E-state index contributed by atoms with van der Waals surface area (Å²) in [5.41, 5.74) is 2.18. The summed E-state index contributed by atoms with van der Waals surface area (Å²) in [6.07, 6.45) is 7.88. The zero-order valence-electron chi connectivity index (χ0n) is 18.7. The minimum absolute atomic E-state index is 0.0633. The van der Waals surface area contributed by atoms with Crippen LogP contribution in [0, 0.1) is 11.7 Å². The number of nitrogens with zero attached hydrogens (tertiary/aromatic N) is 5. The van der Waals surface area contributed by atoms with Gasteiger partial charge in [0.1, 0.15) is 11.6 Å². The van der Waals surface area contributed by atoms with Crippen molar-refractivity contribution in [3.8, 4) is 0 Å². The first kappa shape index (κ1) is 21.7. The average Bonchev–Trinajstić information content (AvgIpc) is 3.51. The molecule has 33 heavy (non-hydrogen) atoms. The van der Waals surface area contributed by atoms with Crippen molar-refractivity contribution < 1.29 is 9.18 Å². The van der Waals surface area contributed by atoms with Crippen LogP contribution in [-0.2, 0) is 17.8 Å². The zero-order valence-corrected chi connectivity index (χ0v) is 18.7. The molecule has 1 atom stereocenters. The van der Waals surface area contributed by atoms with Gasteiger partial charge in [-0.1, -0.05) is 18.2 Å². The number of aromatic amines is 1. The summed E-state index contributed by atoms with van der Waals surface area (Å²) in [5, 5.41) is 7.44. The maximum Gasteiger partial charge on any atom is 0.226 e. The maximum atomic E-state index is 13.4. The molecule has 5 rings (SSSR count). The number of carbonyl (C=O) groups is 1. The van der Waals surface area contributed by atoms with Crippen LogP contribution in [0.5, 0.6) is 0 Å². The number of hydrogen-bond donors (Lipinski definition) is 1. The number of likely N-dealkylation sites (tertiary alicyclic amines) is 2. The molecule has 1 aromatic carbocycles. The summed E-state index contributed by atoms with van der Waals surface area (Å²) in [4.78, 5) is 26.6. The lowest BCUT2D eigenvalue weighted by Gasteiger charge is -2.34. The molecule has 2 aromatic heterocycles. The van der Waals surface area contributed by atoms with Crippen molar-refractivity contribution in [2.75, 3.05) is 19.6 Å². The van der Waals surface area contributed by atoms with Gasteiger partial charge in [0, 0.05) is 37.8 Å². The van der Waals surface area contributed by atoms with E-state index in [2.05, 4.69) is 31.1 Å². The standard InChI is InChI=1S/C25H29FN6O/c26-21-7-5-18(6-8-21)15-23-28-24(30-29-23)22-4-2-12-32(22)25(33)20-9-13-31(14-10-20)17-19-3-1-11-27-16-19/h1,3,5-8,11,16,20,22H,2,4,9-10,12-15,17H2,(H,28,29,30)/t22-/m1/s1. The fourth-order valence-electron chi connectivity index (χ4n) is 4.96. The average molecular weight is 449 g/mol. The molecule has 0 saturated carbocycles. The number of amides is 1. The van der Waals surface area contributed by atoms with E-state index in [1.54, 1.807) is 18.3 Å². The lowest BCUT2D eigenvalue weighted by Crippen LogP contribution is -2.42. The third-order valence-corrected chi connectivity index (χ3v) is 6.73. The molecule has 7 nitrogen and oxygen atoms in total. The van der Waals surface area contributed by atoms with Gasteiger partial charge in [-0.2, -0.15) is 5.10 Å². The molecule has 1 amide bonds. The van der Waals surface area contributed by atoms with E-state index in [0.717, 1.165) is 63.3 Å². The molecule has 4 heterocycles. The molecular weight excluding hydrogens is 419 g/mol. The SMILES string of the molecule is O=C(C1CCN(Cc2cccnc2)CC1)N1CCC[C@@H]1c1n[nH]c(Cc2ccc(F)cc2)n1. The van der Waals surface area contributed by atoms with Crippen LogP contribution in [0.25, 0.3) is 0 Å². The quantitative estimate of drug-likeness (QED) is 0.625. The predicted molar refractivity (Wildman–Crippen MR) is 122 cm³/mol.